The normalized spacial score (nSPS) is 10.3. The van der Waals surface area contributed by atoms with Crippen molar-refractivity contribution in [3.63, 3.8) is 0 Å². The van der Waals surface area contributed by atoms with E-state index in [4.69, 9.17) is 0 Å². The van der Waals surface area contributed by atoms with Gasteiger partial charge in [-0.25, -0.2) is 9.97 Å². The Kier molecular flexibility index (Phi) is 4.11. The fraction of sp³-hybridized carbons (Fsp3) is 0. The molecule has 2 N–H and O–H groups in total. The number of hydrogen-bond acceptors (Lipinski definition) is 6. The minimum absolute atomic E-state index is 0.555. The van der Waals surface area contributed by atoms with Crippen molar-refractivity contribution in [2.75, 3.05) is 10.6 Å². The van der Waals surface area contributed by atoms with E-state index in [2.05, 4.69) is 31.7 Å². The monoisotopic (exact) mass is 338 g/mol. The van der Waals surface area contributed by atoms with Crippen molar-refractivity contribution < 1.29 is 0 Å². The van der Waals surface area contributed by atoms with Crippen LogP contribution in [0, 0.1) is 11.3 Å². The number of aromatic nitrogens is 3. The summed E-state index contributed by atoms with van der Waals surface area (Å²) in [4.78, 5) is 12.9. The molecule has 26 heavy (non-hydrogen) atoms. The van der Waals surface area contributed by atoms with Crippen LogP contribution in [0.2, 0.25) is 0 Å². The molecule has 6 nitrogen and oxygen atoms in total. The number of anilines is 4. The SMILES string of the molecule is N#Cc1ccccc1Nc1cc(Nc2cccc3cccnc23)ncn1. The first kappa shape index (κ1) is 15.5. The molecule has 0 saturated carbocycles. The van der Waals surface area contributed by atoms with Crippen molar-refractivity contribution in [1.82, 2.24) is 15.0 Å². The lowest BCUT2D eigenvalue weighted by molar-refractivity contribution is 1.17. The van der Waals surface area contributed by atoms with Crippen LogP contribution < -0.4 is 10.6 Å². The van der Waals surface area contributed by atoms with Crippen molar-refractivity contribution in [1.29, 1.82) is 5.26 Å². The highest BCUT2D eigenvalue weighted by Crippen LogP contribution is 2.25. The van der Waals surface area contributed by atoms with Gasteiger partial charge in [0, 0.05) is 17.6 Å². The van der Waals surface area contributed by atoms with Crippen molar-refractivity contribution in [2.45, 2.75) is 0 Å². The number of nitrogens with zero attached hydrogens (tertiary/aromatic N) is 4. The molecule has 0 amide bonds. The number of pyridine rings is 1. The van der Waals surface area contributed by atoms with Gasteiger partial charge in [0.15, 0.2) is 0 Å². The molecule has 2 aromatic heterocycles. The quantitative estimate of drug-likeness (QED) is 0.574. The van der Waals surface area contributed by atoms with Crippen LogP contribution in [-0.4, -0.2) is 15.0 Å². The van der Waals surface area contributed by atoms with Crippen LogP contribution in [0.4, 0.5) is 23.0 Å². The Morgan fingerprint density at radius 2 is 1.50 bits per heavy atom. The van der Waals surface area contributed by atoms with Gasteiger partial charge in [-0.15, -0.1) is 0 Å². The van der Waals surface area contributed by atoms with Gasteiger partial charge in [-0.1, -0.05) is 30.3 Å². The summed E-state index contributed by atoms with van der Waals surface area (Å²) in [6.07, 6.45) is 3.23. The molecule has 0 aliphatic rings. The Bertz CT molecular complexity index is 1110. The number of fused-ring (bicyclic) bond motifs is 1. The van der Waals surface area contributed by atoms with Gasteiger partial charge >= 0.3 is 0 Å². The Labute approximate surface area is 150 Å². The highest BCUT2D eigenvalue weighted by atomic mass is 15.1. The Hall–Kier alpha value is -3.98. The molecule has 0 aliphatic heterocycles. The minimum Gasteiger partial charge on any atom is -0.339 e. The number of rotatable bonds is 4. The summed E-state index contributed by atoms with van der Waals surface area (Å²) in [6.45, 7) is 0. The molecule has 2 aromatic carbocycles. The molecule has 0 radical (unpaired) electrons. The van der Waals surface area contributed by atoms with Crippen molar-refractivity contribution in [2.24, 2.45) is 0 Å². The maximum atomic E-state index is 9.20. The van der Waals surface area contributed by atoms with E-state index in [0.29, 0.717) is 22.9 Å². The van der Waals surface area contributed by atoms with Crippen LogP contribution in [0.5, 0.6) is 0 Å². The smallest absolute Gasteiger partial charge is 0.135 e. The van der Waals surface area contributed by atoms with Gasteiger partial charge in [0.05, 0.1) is 22.5 Å². The van der Waals surface area contributed by atoms with Crippen molar-refractivity contribution in [3.05, 3.63) is 78.8 Å². The average molecular weight is 338 g/mol. The summed E-state index contributed by atoms with van der Waals surface area (Å²) in [6, 6.07) is 21.1. The van der Waals surface area contributed by atoms with Crippen molar-refractivity contribution in [3.8, 4) is 6.07 Å². The molecule has 0 saturated heterocycles. The lowest BCUT2D eigenvalue weighted by Crippen LogP contribution is -2.00. The Morgan fingerprint density at radius 1 is 0.769 bits per heavy atom. The predicted octanol–water partition coefficient (Wildman–Crippen LogP) is 4.38. The topological polar surface area (TPSA) is 86.5 Å². The molecular formula is C20H14N6. The molecular weight excluding hydrogens is 324 g/mol. The molecule has 0 spiro atoms. The van der Waals surface area contributed by atoms with Crippen LogP contribution in [-0.2, 0) is 0 Å². The summed E-state index contributed by atoms with van der Waals surface area (Å²) in [5.41, 5.74) is 2.99. The molecule has 4 aromatic rings. The molecule has 0 atom stereocenters. The van der Waals surface area contributed by atoms with E-state index < -0.39 is 0 Å². The largest absolute Gasteiger partial charge is 0.339 e. The zero-order valence-corrected chi connectivity index (χ0v) is 13.7. The number of hydrogen-bond donors (Lipinski definition) is 2. The molecule has 0 fully saturated rings. The van der Waals surface area contributed by atoms with E-state index in [1.165, 1.54) is 6.33 Å². The average Bonchev–Trinajstić information content (AvgIpc) is 2.69. The number of nitrogens with one attached hydrogen (secondary N) is 2. The van der Waals surface area contributed by atoms with Gasteiger partial charge in [-0.05, 0) is 24.3 Å². The van der Waals surface area contributed by atoms with Gasteiger partial charge in [0.25, 0.3) is 0 Å². The fourth-order valence-corrected chi connectivity index (χ4v) is 2.66. The van der Waals surface area contributed by atoms with Crippen LogP contribution in [0.1, 0.15) is 5.56 Å². The van der Waals surface area contributed by atoms with Gasteiger partial charge in [0.1, 0.15) is 24.0 Å². The van der Waals surface area contributed by atoms with E-state index >= 15 is 0 Å². The van der Waals surface area contributed by atoms with Crippen molar-refractivity contribution >= 4 is 33.9 Å². The predicted molar refractivity (Wildman–Crippen MR) is 101 cm³/mol. The summed E-state index contributed by atoms with van der Waals surface area (Å²) in [5.74, 6) is 1.23. The van der Waals surface area contributed by atoms with E-state index in [9.17, 15) is 5.26 Å². The number of para-hydroxylation sites is 2. The van der Waals surface area contributed by atoms with E-state index in [1.54, 1.807) is 18.3 Å². The molecule has 124 valence electrons. The lowest BCUT2D eigenvalue weighted by Gasteiger charge is -2.10. The summed E-state index contributed by atoms with van der Waals surface area (Å²) in [5, 5.41) is 16.7. The molecule has 6 heteroatoms. The Balaban J connectivity index is 1.63. The van der Waals surface area contributed by atoms with Crippen LogP contribution in [0.15, 0.2) is 73.2 Å². The van der Waals surface area contributed by atoms with E-state index in [-0.39, 0.29) is 0 Å². The third-order valence-electron chi connectivity index (χ3n) is 3.87. The van der Waals surface area contributed by atoms with E-state index in [1.807, 2.05) is 48.5 Å². The third kappa shape index (κ3) is 3.14. The second-order valence-corrected chi connectivity index (χ2v) is 5.58. The third-order valence-corrected chi connectivity index (χ3v) is 3.87. The van der Waals surface area contributed by atoms with Gasteiger partial charge in [-0.3, -0.25) is 4.98 Å². The maximum Gasteiger partial charge on any atom is 0.135 e. The van der Waals surface area contributed by atoms with Crippen LogP contribution >= 0.6 is 0 Å². The maximum absolute atomic E-state index is 9.20. The molecule has 2 heterocycles. The molecule has 0 aliphatic carbocycles. The molecule has 0 bridgehead atoms. The highest BCUT2D eigenvalue weighted by Gasteiger charge is 2.06. The van der Waals surface area contributed by atoms with Crippen LogP contribution in [0.3, 0.4) is 0 Å². The zero-order chi connectivity index (χ0) is 17.8. The summed E-state index contributed by atoms with van der Waals surface area (Å²) >= 11 is 0. The zero-order valence-electron chi connectivity index (χ0n) is 13.7. The fourth-order valence-electron chi connectivity index (χ4n) is 2.66. The standard InChI is InChI=1S/C20H14N6/c21-12-15-5-1-2-8-16(15)25-18-11-19(24-13-23-18)26-17-9-3-6-14-7-4-10-22-20(14)17/h1-11,13H,(H2,23,24,25,26). The van der Waals surface area contributed by atoms with Gasteiger partial charge in [0.2, 0.25) is 0 Å². The number of nitriles is 1. The van der Waals surface area contributed by atoms with E-state index in [0.717, 1.165) is 16.6 Å². The summed E-state index contributed by atoms with van der Waals surface area (Å²) in [7, 11) is 0. The number of benzene rings is 2. The van der Waals surface area contributed by atoms with Gasteiger partial charge < -0.3 is 10.6 Å². The van der Waals surface area contributed by atoms with Crippen LogP contribution in [0.25, 0.3) is 10.9 Å². The summed E-state index contributed by atoms with van der Waals surface area (Å²) < 4.78 is 0. The first-order valence-electron chi connectivity index (χ1n) is 8.02. The lowest BCUT2D eigenvalue weighted by atomic mass is 10.2. The Morgan fingerprint density at radius 3 is 2.35 bits per heavy atom. The molecule has 0 unspecified atom stereocenters. The first-order chi connectivity index (χ1) is 12.8. The van der Waals surface area contributed by atoms with Gasteiger partial charge in [-0.2, -0.15) is 5.26 Å². The minimum atomic E-state index is 0.555. The molecule has 4 rings (SSSR count). The first-order valence-corrected chi connectivity index (χ1v) is 8.02. The highest BCUT2D eigenvalue weighted by molar-refractivity contribution is 5.91. The second kappa shape index (κ2) is 6.87. The second-order valence-electron chi connectivity index (χ2n) is 5.58.